The maximum atomic E-state index is 12.6. The Morgan fingerprint density at radius 2 is 2.04 bits per heavy atom. The van der Waals surface area contributed by atoms with Crippen molar-refractivity contribution >= 4 is 16.8 Å². The molecule has 2 aromatic rings. The van der Waals surface area contributed by atoms with Crippen molar-refractivity contribution in [1.82, 2.24) is 20.0 Å². The first-order chi connectivity index (χ1) is 11.7. The number of nitrogens with one attached hydrogen (secondary N) is 1. The highest BCUT2D eigenvalue weighted by molar-refractivity contribution is 5.81. The topological polar surface area (TPSA) is 67.2 Å². The molecule has 3 rings (SSSR count). The van der Waals surface area contributed by atoms with E-state index in [1.807, 2.05) is 30.1 Å². The number of likely N-dealkylation sites (tertiary alicyclic amines) is 1. The average Bonchev–Trinajstić information content (AvgIpc) is 2.63. The Morgan fingerprint density at radius 1 is 1.29 bits per heavy atom. The van der Waals surface area contributed by atoms with E-state index in [0.29, 0.717) is 16.8 Å². The van der Waals surface area contributed by atoms with E-state index in [9.17, 15) is 9.59 Å². The van der Waals surface area contributed by atoms with E-state index in [2.05, 4.69) is 10.4 Å². The zero-order chi connectivity index (χ0) is 16.9. The van der Waals surface area contributed by atoms with E-state index in [-0.39, 0.29) is 17.9 Å². The maximum Gasteiger partial charge on any atom is 0.244 e. The SMILES string of the molecule is CNCCC1CCN(C(=O)Cn2ncc(=O)c3ccccc32)CC1. The van der Waals surface area contributed by atoms with Crippen molar-refractivity contribution in [2.45, 2.75) is 25.8 Å². The molecule has 1 fully saturated rings. The van der Waals surface area contributed by atoms with Gasteiger partial charge in [-0.25, -0.2) is 0 Å². The number of fused-ring (bicyclic) bond motifs is 1. The molecule has 1 aromatic carbocycles. The zero-order valence-corrected chi connectivity index (χ0v) is 14.1. The van der Waals surface area contributed by atoms with Gasteiger partial charge in [0.2, 0.25) is 11.3 Å². The fraction of sp³-hybridized carbons (Fsp3) is 0.500. The number of carbonyl (C=O) groups is 1. The van der Waals surface area contributed by atoms with Crippen LogP contribution in [0.15, 0.2) is 35.3 Å². The summed E-state index contributed by atoms with van der Waals surface area (Å²) in [5.41, 5.74) is 0.599. The van der Waals surface area contributed by atoms with Crippen LogP contribution in [0.1, 0.15) is 19.3 Å². The highest BCUT2D eigenvalue weighted by atomic mass is 16.2. The number of hydrogen-bond acceptors (Lipinski definition) is 4. The minimum atomic E-state index is -0.111. The van der Waals surface area contributed by atoms with Crippen molar-refractivity contribution in [3.05, 3.63) is 40.7 Å². The quantitative estimate of drug-likeness (QED) is 0.897. The first kappa shape index (κ1) is 16.6. The molecule has 1 amide bonds. The predicted molar refractivity (Wildman–Crippen MR) is 93.9 cm³/mol. The van der Waals surface area contributed by atoms with Crippen molar-refractivity contribution in [3.8, 4) is 0 Å². The van der Waals surface area contributed by atoms with Gasteiger partial charge in [-0.05, 0) is 50.9 Å². The van der Waals surface area contributed by atoms with Gasteiger partial charge < -0.3 is 10.2 Å². The lowest BCUT2D eigenvalue weighted by atomic mass is 9.93. The van der Waals surface area contributed by atoms with Gasteiger partial charge in [0.05, 0.1) is 11.7 Å². The molecule has 1 aliphatic heterocycles. The van der Waals surface area contributed by atoms with E-state index >= 15 is 0 Å². The van der Waals surface area contributed by atoms with Crippen LogP contribution in [0.2, 0.25) is 0 Å². The minimum absolute atomic E-state index is 0.0726. The molecule has 0 radical (unpaired) electrons. The molecule has 1 aromatic heterocycles. The number of piperidine rings is 1. The van der Waals surface area contributed by atoms with E-state index in [0.717, 1.165) is 32.5 Å². The lowest BCUT2D eigenvalue weighted by molar-refractivity contribution is -0.133. The molecule has 128 valence electrons. The molecule has 0 unspecified atom stereocenters. The van der Waals surface area contributed by atoms with Crippen LogP contribution < -0.4 is 10.7 Å². The molecule has 2 heterocycles. The summed E-state index contributed by atoms with van der Waals surface area (Å²) in [6.07, 6.45) is 4.58. The van der Waals surface area contributed by atoms with Crippen LogP contribution in [0.4, 0.5) is 0 Å². The van der Waals surface area contributed by atoms with Gasteiger partial charge in [-0.1, -0.05) is 12.1 Å². The van der Waals surface area contributed by atoms with Crippen LogP contribution >= 0.6 is 0 Å². The molecular weight excluding hydrogens is 304 g/mol. The summed E-state index contributed by atoms with van der Waals surface area (Å²) in [6, 6.07) is 7.29. The van der Waals surface area contributed by atoms with Crippen LogP contribution in [0.5, 0.6) is 0 Å². The standard InChI is InChI=1S/C18H24N4O2/c1-19-9-6-14-7-10-21(11-8-14)18(24)13-22-16-5-3-2-4-15(16)17(23)12-20-22/h2-5,12,14,19H,6-11,13H2,1H3. The Balaban J connectivity index is 1.66. The Labute approximate surface area is 141 Å². The number of aromatic nitrogens is 2. The highest BCUT2D eigenvalue weighted by Gasteiger charge is 2.23. The van der Waals surface area contributed by atoms with Crippen molar-refractivity contribution in [2.24, 2.45) is 5.92 Å². The average molecular weight is 328 g/mol. The van der Waals surface area contributed by atoms with E-state index in [1.54, 1.807) is 10.7 Å². The predicted octanol–water partition coefficient (Wildman–Crippen LogP) is 1.24. The Bertz CT molecular complexity index is 763. The first-order valence-corrected chi connectivity index (χ1v) is 8.56. The molecule has 1 saturated heterocycles. The number of hydrogen-bond donors (Lipinski definition) is 1. The van der Waals surface area contributed by atoms with E-state index < -0.39 is 0 Å². The smallest absolute Gasteiger partial charge is 0.244 e. The lowest BCUT2D eigenvalue weighted by Crippen LogP contribution is -2.41. The second kappa shape index (κ2) is 7.57. The number of nitrogens with zero attached hydrogens (tertiary/aromatic N) is 3. The molecule has 0 atom stereocenters. The van der Waals surface area contributed by atoms with Gasteiger partial charge in [0.1, 0.15) is 6.54 Å². The molecule has 0 spiro atoms. The van der Waals surface area contributed by atoms with Gasteiger partial charge >= 0.3 is 0 Å². The fourth-order valence-electron chi connectivity index (χ4n) is 3.33. The van der Waals surface area contributed by atoms with Crippen molar-refractivity contribution < 1.29 is 4.79 Å². The molecule has 1 N–H and O–H groups in total. The Kier molecular flexibility index (Phi) is 5.25. The molecule has 0 saturated carbocycles. The van der Waals surface area contributed by atoms with E-state index in [1.165, 1.54) is 12.6 Å². The minimum Gasteiger partial charge on any atom is -0.341 e. The largest absolute Gasteiger partial charge is 0.341 e. The summed E-state index contributed by atoms with van der Waals surface area (Å²) in [7, 11) is 1.97. The summed E-state index contributed by atoms with van der Waals surface area (Å²) in [5, 5.41) is 7.93. The second-order valence-electron chi connectivity index (χ2n) is 6.40. The van der Waals surface area contributed by atoms with Gasteiger partial charge in [-0.3, -0.25) is 14.3 Å². The molecule has 1 aliphatic rings. The van der Waals surface area contributed by atoms with Crippen LogP contribution in [-0.4, -0.2) is 47.3 Å². The number of para-hydroxylation sites is 1. The third kappa shape index (κ3) is 3.64. The van der Waals surface area contributed by atoms with Crippen molar-refractivity contribution in [1.29, 1.82) is 0 Å². The van der Waals surface area contributed by atoms with Gasteiger partial charge in [0.25, 0.3) is 0 Å². The van der Waals surface area contributed by atoms with Crippen LogP contribution in [-0.2, 0) is 11.3 Å². The second-order valence-corrected chi connectivity index (χ2v) is 6.40. The molecule has 6 nitrogen and oxygen atoms in total. The van der Waals surface area contributed by atoms with Crippen LogP contribution in [0.3, 0.4) is 0 Å². The maximum absolute atomic E-state index is 12.6. The van der Waals surface area contributed by atoms with Crippen molar-refractivity contribution in [3.63, 3.8) is 0 Å². The molecule has 0 aliphatic carbocycles. The highest BCUT2D eigenvalue weighted by Crippen LogP contribution is 2.20. The molecule has 24 heavy (non-hydrogen) atoms. The molecular formula is C18H24N4O2. The number of benzene rings is 1. The summed E-state index contributed by atoms with van der Waals surface area (Å²) in [4.78, 5) is 26.4. The molecule has 6 heteroatoms. The fourth-order valence-corrected chi connectivity index (χ4v) is 3.33. The Hall–Kier alpha value is -2.21. The summed E-state index contributed by atoms with van der Waals surface area (Å²) >= 11 is 0. The van der Waals surface area contributed by atoms with Gasteiger partial charge in [0, 0.05) is 18.5 Å². The number of amides is 1. The first-order valence-electron chi connectivity index (χ1n) is 8.56. The van der Waals surface area contributed by atoms with Crippen molar-refractivity contribution in [2.75, 3.05) is 26.7 Å². The normalized spacial score (nSPS) is 15.8. The van der Waals surface area contributed by atoms with Gasteiger partial charge in [0.15, 0.2) is 0 Å². The monoisotopic (exact) mass is 328 g/mol. The van der Waals surface area contributed by atoms with Crippen LogP contribution in [0, 0.1) is 5.92 Å². The number of rotatable bonds is 5. The summed E-state index contributed by atoms with van der Waals surface area (Å²) in [5.74, 6) is 0.774. The Morgan fingerprint density at radius 3 is 2.79 bits per heavy atom. The summed E-state index contributed by atoms with van der Waals surface area (Å²) in [6.45, 7) is 2.84. The number of carbonyl (C=O) groups excluding carboxylic acids is 1. The molecule has 0 bridgehead atoms. The van der Waals surface area contributed by atoms with E-state index in [4.69, 9.17) is 0 Å². The third-order valence-electron chi connectivity index (χ3n) is 4.82. The lowest BCUT2D eigenvalue weighted by Gasteiger charge is -2.32. The third-order valence-corrected chi connectivity index (χ3v) is 4.82. The zero-order valence-electron chi connectivity index (χ0n) is 14.1. The van der Waals surface area contributed by atoms with Crippen LogP contribution in [0.25, 0.3) is 10.9 Å². The van der Waals surface area contributed by atoms with Gasteiger partial charge in [-0.15, -0.1) is 0 Å². The van der Waals surface area contributed by atoms with Gasteiger partial charge in [-0.2, -0.15) is 5.10 Å². The summed E-state index contributed by atoms with van der Waals surface area (Å²) < 4.78 is 1.63.